The number of amides is 2. The third-order valence-corrected chi connectivity index (χ3v) is 2.66. The third-order valence-electron chi connectivity index (χ3n) is 1.97. The molecule has 0 saturated carbocycles. The number of halogens is 1. The Kier molecular flexibility index (Phi) is 5.44. The van der Waals surface area contributed by atoms with Gasteiger partial charge in [0.1, 0.15) is 5.75 Å². The molecule has 0 aliphatic heterocycles. The van der Waals surface area contributed by atoms with E-state index in [-0.39, 0.29) is 6.61 Å². The molecule has 1 rings (SSSR count). The smallest absolute Gasteiger partial charge is 0.426 e. The van der Waals surface area contributed by atoms with E-state index in [1.165, 1.54) is 7.11 Å². The molecule has 0 spiro atoms. The molecule has 0 aliphatic rings. The summed E-state index contributed by atoms with van der Waals surface area (Å²) < 4.78 is 10.2. The summed E-state index contributed by atoms with van der Waals surface area (Å²) in [6, 6.07) is 4.93. The summed E-state index contributed by atoms with van der Waals surface area (Å²) in [6.45, 7) is 1.89. The normalized spacial score (nSPS) is 9.50. The van der Waals surface area contributed by atoms with E-state index in [1.54, 1.807) is 25.1 Å². The van der Waals surface area contributed by atoms with Crippen LogP contribution in [-0.2, 0) is 4.74 Å². The monoisotopic (exact) mass is 316 g/mol. The molecule has 7 heteroatoms. The van der Waals surface area contributed by atoms with Gasteiger partial charge in [-0.3, -0.25) is 10.2 Å². The molecule has 6 nitrogen and oxygen atoms in total. The van der Waals surface area contributed by atoms with Crippen molar-refractivity contribution in [1.29, 1.82) is 0 Å². The molecule has 0 bridgehead atoms. The van der Waals surface area contributed by atoms with Crippen LogP contribution in [0.5, 0.6) is 5.75 Å². The molecular weight excluding hydrogens is 304 g/mol. The van der Waals surface area contributed by atoms with Crippen LogP contribution in [0.3, 0.4) is 0 Å². The van der Waals surface area contributed by atoms with E-state index in [0.29, 0.717) is 15.8 Å². The van der Waals surface area contributed by atoms with E-state index in [0.717, 1.165) is 0 Å². The minimum atomic E-state index is -0.718. The molecule has 0 aromatic heterocycles. The zero-order valence-corrected chi connectivity index (χ0v) is 11.5. The molecule has 0 aliphatic carbocycles. The van der Waals surface area contributed by atoms with Gasteiger partial charge in [-0.1, -0.05) is 0 Å². The summed E-state index contributed by atoms with van der Waals surface area (Å²) in [4.78, 5) is 22.8. The standard InChI is InChI=1S/C11H13BrN2O4/c1-3-18-11(16)14-13-10(15)8-6-7(17-2)4-5-9(8)12/h4-6H,3H2,1-2H3,(H,13,15)(H,14,16). The number of carbonyl (C=O) groups is 2. The van der Waals surface area contributed by atoms with Crippen molar-refractivity contribution in [3.8, 4) is 5.75 Å². The molecule has 1 aromatic carbocycles. The van der Waals surface area contributed by atoms with E-state index < -0.39 is 12.0 Å². The van der Waals surface area contributed by atoms with Crippen LogP contribution in [0.2, 0.25) is 0 Å². The van der Waals surface area contributed by atoms with Crippen LogP contribution >= 0.6 is 15.9 Å². The quantitative estimate of drug-likeness (QED) is 0.834. The molecule has 1 aromatic rings. The van der Waals surface area contributed by atoms with Gasteiger partial charge in [0.05, 0.1) is 19.3 Å². The van der Waals surface area contributed by atoms with E-state index in [1.807, 2.05) is 0 Å². The predicted molar refractivity (Wildman–Crippen MR) is 68.3 cm³/mol. The van der Waals surface area contributed by atoms with E-state index in [2.05, 4.69) is 31.5 Å². The summed E-state index contributed by atoms with van der Waals surface area (Å²) in [5.41, 5.74) is 4.69. The summed E-state index contributed by atoms with van der Waals surface area (Å²) in [5, 5.41) is 0. The third kappa shape index (κ3) is 3.92. The lowest BCUT2D eigenvalue weighted by molar-refractivity contribution is 0.0911. The van der Waals surface area contributed by atoms with E-state index in [9.17, 15) is 9.59 Å². The summed E-state index contributed by atoms with van der Waals surface area (Å²) in [5.74, 6) is 0.0633. The van der Waals surface area contributed by atoms with Crippen LogP contribution in [0.25, 0.3) is 0 Å². The maximum atomic E-state index is 11.8. The number of hydrogen-bond donors (Lipinski definition) is 2. The fourth-order valence-electron chi connectivity index (χ4n) is 1.15. The Bertz CT molecular complexity index is 451. The van der Waals surface area contributed by atoms with Crippen molar-refractivity contribution in [2.45, 2.75) is 6.92 Å². The topological polar surface area (TPSA) is 76.7 Å². The second kappa shape index (κ2) is 6.85. The number of hydrazine groups is 1. The molecule has 2 amide bonds. The Morgan fingerprint density at radius 2 is 2.06 bits per heavy atom. The summed E-state index contributed by atoms with van der Waals surface area (Å²) >= 11 is 3.24. The van der Waals surface area contributed by atoms with Crippen molar-refractivity contribution in [2.24, 2.45) is 0 Å². The second-order valence-electron chi connectivity index (χ2n) is 3.15. The van der Waals surface area contributed by atoms with Gasteiger partial charge in [0.2, 0.25) is 0 Å². The van der Waals surface area contributed by atoms with Crippen molar-refractivity contribution in [3.05, 3.63) is 28.2 Å². The lowest BCUT2D eigenvalue weighted by Crippen LogP contribution is -2.42. The first-order valence-corrected chi connectivity index (χ1v) is 5.94. The van der Waals surface area contributed by atoms with Gasteiger partial charge in [-0.2, -0.15) is 0 Å². The van der Waals surface area contributed by atoms with Crippen LogP contribution in [0.4, 0.5) is 4.79 Å². The molecule has 0 radical (unpaired) electrons. The first-order valence-electron chi connectivity index (χ1n) is 5.15. The van der Waals surface area contributed by atoms with Gasteiger partial charge in [0.15, 0.2) is 0 Å². The highest BCUT2D eigenvalue weighted by Gasteiger charge is 2.12. The van der Waals surface area contributed by atoms with Crippen molar-refractivity contribution in [2.75, 3.05) is 13.7 Å². The second-order valence-corrected chi connectivity index (χ2v) is 4.00. The zero-order valence-electron chi connectivity index (χ0n) is 9.95. The van der Waals surface area contributed by atoms with Crippen LogP contribution in [-0.4, -0.2) is 25.7 Å². The van der Waals surface area contributed by atoms with Gasteiger partial charge in [-0.15, -0.1) is 0 Å². The number of benzene rings is 1. The van der Waals surface area contributed by atoms with E-state index in [4.69, 9.17) is 4.74 Å². The molecule has 0 atom stereocenters. The van der Waals surface area contributed by atoms with Crippen LogP contribution in [0, 0.1) is 0 Å². The fraction of sp³-hybridized carbons (Fsp3) is 0.273. The largest absolute Gasteiger partial charge is 0.497 e. The predicted octanol–water partition coefficient (Wildman–Crippen LogP) is 1.85. The highest BCUT2D eigenvalue weighted by Crippen LogP contribution is 2.22. The summed E-state index contributed by atoms with van der Waals surface area (Å²) in [7, 11) is 1.50. The van der Waals surface area contributed by atoms with Crippen LogP contribution in [0.1, 0.15) is 17.3 Å². The maximum Gasteiger partial charge on any atom is 0.426 e. The Morgan fingerprint density at radius 1 is 1.33 bits per heavy atom. The Hall–Kier alpha value is -1.76. The van der Waals surface area contributed by atoms with Crippen molar-refractivity contribution >= 4 is 27.9 Å². The lowest BCUT2D eigenvalue weighted by atomic mass is 10.2. The Labute approximate surface area is 113 Å². The molecule has 0 fully saturated rings. The molecule has 0 heterocycles. The van der Waals surface area contributed by atoms with Gasteiger partial charge >= 0.3 is 6.09 Å². The maximum absolute atomic E-state index is 11.8. The van der Waals surface area contributed by atoms with Crippen molar-refractivity contribution < 1.29 is 19.1 Å². The molecule has 98 valence electrons. The molecular formula is C11H13BrN2O4. The number of carbonyl (C=O) groups excluding carboxylic acids is 2. The number of nitrogens with one attached hydrogen (secondary N) is 2. The van der Waals surface area contributed by atoms with Gasteiger partial charge in [-0.25, -0.2) is 10.2 Å². The average molecular weight is 317 g/mol. The van der Waals surface area contributed by atoms with Crippen LogP contribution < -0.4 is 15.6 Å². The van der Waals surface area contributed by atoms with Gasteiger partial charge < -0.3 is 9.47 Å². The minimum absolute atomic E-state index is 0.227. The zero-order chi connectivity index (χ0) is 13.5. The van der Waals surface area contributed by atoms with E-state index >= 15 is 0 Å². The number of hydrogen-bond acceptors (Lipinski definition) is 4. The first-order chi connectivity index (χ1) is 8.58. The number of methoxy groups -OCH3 is 1. The van der Waals surface area contributed by atoms with Gasteiger partial charge in [-0.05, 0) is 41.1 Å². The lowest BCUT2D eigenvalue weighted by Gasteiger charge is -2.09. The van der Waals surface area contributed by atoms with Crippen molar-refractivity contribution in [1.82, 2.24) is 10.9 Å². The molecule has 2 N–H and O–H groups in total. The fourth-order valence-corrected chi connectivity index (χ4v) is 1.57. The molecule has 18 heavy (non-hydrogen) atoms. The van der Waals surface area contributed by atoms with Crippen molar-refractivity contribution in [3.63, 3.8) is 0 Å². The number of ether oxygens (including phenoxy) is 2. The molecule has 0 unspecified atom stereocenters. The highest BCUT2D eigenvalue weighted by atomic mass is 79.9. The summed E-state index contributed by atoms with van der Waals surface area (Å²) in [6.07, 6.45) is -0.718. The Morgan fingerprint density at radius 3 is 2.67 bits per heavy atom. The first kappa shape index (κ1) is 14.3. The van der Waals surface area contributed by atoms with Gasteiger partial charge in [0.25, 0.3) is 5.91 Å². The van der Waals surface area contributed by atoms with Gasteiger partial charge in [0, 0.05) is 4.47 Å². The highest BCUT2D eigenvalue weighted by molar-refractivity contribution is 9.10. The van der Waals surface area contributed by atoms with Crippen LogP contribution in [0.15, 0.2) is 22.7 Å². The molecule has 0 saturated heterocycles. The average Bonchev–Trinajstić information content (AvgIpc) is 2.37. The SMILES string of the molecule is CCOC(=O)NNC(=O)c1cc(OC)ccc1Br. The number of rotatable bonds is 3. The Balaban J connectivity index is 2.69. The minimum Gasteiger partial charge on any atom is -0.497 e.